The third-order valence-electron chi connectivity index (χ3n) is 4.39. The highest BCUT2D eigenvalue weighted by molar-refractivity contribution is 5.97. The predicted molar refractivity (Wildman–Crippen MR) is 94.2 cm³/mol. The first-order chi connectivity index (χ1) is 12.6. The molecule has 0 bridgehead atoms. The summed E-state index contributed by atoms with van der Waals surface area (Å²) in [6, 6.07) is 4.95. The molecule has 0 radical (unpaired) electrons. The van der Waals surface area contributed by atoms with Crippen LogP contribution < -0.4 is 15.2 Å². The number of likely N-dealkylation sites (tertiary alicyclic amines) is 1. The van der Waals surface area contributed by atoms with Crippen molar-refractivity contribution in [3.8, 4) is 11.5 Å². The number of piperidine rings is 1. The number of aromatic nitrogens is 2. The highest BCUT2D eigenvalue weighted by Crippen LogP contribution is 2.34. The van der Waals surface area contributed by atoms with Gasteiger partial charge in [0, 0.05) is 19.2 Å². The fourth-order valence-corrected chi connectivity index (χ4v) is 3.13. The molecule has 0 aliphatic carbocycles. The average molecular weight is 360 g/mol. The van der Waals surface area contributed by atoms with Crippen LogP contribution in [0.2, 0.25) is 0 Å². The van der Waals surface area contributed by atoms with E-state index in [1.807, 2.05) is 0 Å². The zero-order valence-corrected chi connectivity index (χ0v) is 15.1. The number of nitrogens with zero attached hydrogens (tertiary/aromatic N) is 3. The van der Waals surface area contributed by atoms with E-state index in [1.54, 1.807) is 37.1 Å². The Bertz CT molecular complexity index is 761. The van der Waals surface area contributed by atoms with Gasteiger partial charge in [-0.1, -0.05) is 5.16 Å². The topological polar surface area (TPSA) is 104 Å². The molecule has 2 aromatic rings. The Balaban J connectivity index is 1.90. The van der Waals surface area contributed by atoms with Crippen molar-refractivity contribution in [3.63, 3.8) is 0 Å². The number of rotatable bonds is 6. The number of amides is 1. The largest absolute Gasteiger partial charge is 0.497 e. The zero-order valence-electron chi connectivity index (χ0n) is 15.1. The molecule has 3 rings (SSSR count). The Morgan fingerprint density at radius 2 is 2.27 bits per heavy atom. The zero-order chi connectivity index (χ0) is 18.5. The first-order valence-electron chi connectivity index (χ1n) is 8.76. The Hall–Kier alpha value is -2.61. The van der Waals surface area contributed by atoms with Crippen molar-refractivity contribution in [1.29, 1.82) is 0 Å². The summed E-state index contributed by atoms with van der Waals surface area (Å²) in [6.07, 6.45) is 2.74. The molecular weight excluding hydrogens is 336 g/mol. The van der Waals surface area contributed by atoms with Crippen molar-refractivity contribution >= 4 is 5.91 Å². The van der Waals surface area contributed by atoms with Crippen LogP contribution in [-0.2, 0) is 0 Å². The van der Waals surface area contributed by atoms with Gasteiger partial charge in [0.05, 0.1) is 12.7 Å². The lowest BCUT2D eigenvalue weighted by Crippen LogP contribution is -2.39. The minimum absolute atomic E-state index is 0.125. The minimum atomic E-state index is -0.220. The van der Waals surface area contributed by atoms with E-state index in [1.165, 1.54) is 0 Å². The summed E-state index contributed by atoms with van der Waals surface area (Å²) in [6.45, 7) is 3.08. The molecule has 8 nitrogen and oxygen atoms in total. The predicted octanol–water partition coefficient (Wildman–Crippen LogP) is 2.09. The van der Waals surface area contributed by atoms with Gasteiger partial charge in [0.25, 0.3) is 5.91 Å². The lowest BCUT2D eigenvalue weighted by Gasteiger charge is -2.33. The van der Waals surface area contributed by atoms with E-state index in [0.29, 0.717) is 48.5 Å². The molecule has 1 aromatic carbocycles. The quantitative estimate of drug-likeness (QED) is 0.841. The third-order valence-corrected chi connectivity index (χ3v) is 4.39. The van der Waals surface area contributed by atoms with Gasteiger partial charge in [-0.2, -0.15) is 4.98 Å². The first kappa shape index (κ1) is 18.2. The fraction of sp³-hybridized carbons (Fsp3) is 0.500. The number of hydrogen-bond acceptors (Lipinski definition) is 7. The molecule has 1 aliphatic rings. The summed E-state index contributed by atoms with van der Waals surface area (Å²) in [7, 11) is 1.57. The van der Waals surface area contributed by atoms with Gasteiger partial charge in [-0.25, -0.2) is 0 Å². The second-order valence-electron chi connectivity index (χ2n) is 6.19. The molecule has 1 saturated heterocycles. The Morgan fingerprint density at radius 1 is 1.42 bits per heavy atom. The number of carbonyl (C=O) groups excluding carboxylic acids is 1. The van der Waals surface area contributed by atoms with Crippen molar-refractivity contribution in [2.24, 2.45) is 5.73 Å². The van der Waals surface area contributed by atoms with Crippen LogP contribution in [0.25, 0.3) is 0 Å². The van der Waals surface area contributed by atoms with Gasteiger partial charge < -0.3 is 24.6 Å². The van der Waals surface area contributed by atoms with Gasteiger partial charge in [-0.15, -0.1) is 0 Å². The van der Waals surface area contributed by atoms with Crippen molar-refractivity contribution in [2.45, 2.75) is 32.2 Å². The Morgan fingerprint density at radius 3 is 2.96 bits per heavy atom. The molecule has 1 atom stereocenters. The summed E-state index contributed by atoms with van der Waals surface area (Å²) >= 11 is 0. The molecule has 0 saturated carbocycles. The molecular formula is C18H24N4O4. The van der Waals surface area contributed by atoms with Crippen molar-refractivity contribution in [3.05, 3.63) is 35.5 Å². The maximum absolute atomic E-state index is 13.3. The lowest BCUT2D eigenvalue weighted by molar-refractivity contribution is 0.0557. The highest BCUT2D eigenvalue weighted by Gasteiger charge is 2.33. The monoisotopic (exact) mass is 360 g/mol. The van der Waals surface area contributed by atoms with E-state index in [2.05, 4.69) is 10.1 Å². The molecule has 2 heterocycles. The second kappa shape index (κ2) is 8.18. The summed E-state index contributed by atoms with van der Waals surface area (Å²) < 4.78 is 16.2. The van der Waals surface area contributed by atoms with Crippen LogP contribution in [0.5, 0.6) is 11.5 Å². The van der Waals surface area contributed by atoms with Gasteiger partial charge in [0.2, 0.25) is 5.89 Å². The first-order valence-corrected chi connectivity index (χ1v) is 8.76. The van der Waals surface area contributed by atoms with E-state index >= 15 is 0 Å². The number of hydrogen-bond donors (Lipinski definition) is 1. The number of methoxy groups -OCH3 is 1. The van der Waals surface area contributed by atoms with Crippen molar-refractivity contribution < 1.29 is 18.8 Å². The molecule has 1 aromatic heterocycles. The van der Waals surface area contributed by atoms with Crippen LogP contribution in [0, 0.1) is 6.92 Å². The molecule has 1 fully saturated rings. The fourth-order valence-electron chi connectivity index (χ4n) is 3.13. The number of nitrogens with two attached hydrogens (primary N) is 1. The molecule has 8 heteroatoms. The lowest BCUT2D eigenvalue weighted by atomic mass is 10.00. The maximum Gasteiger partial charge on any atom is 0.258 e. The van der Waals surface area contributed by atoms with Gasteiger partial charge >= 0.3 is 0 Å². The number of ether oxygens (including phenoxy) is 2. The smallest absolute Gasteiger partial charge is 0.258 e. The normalized spacial score (nSPS) is 17.2. The summed E-state index contributed by atoms with van der Waals surface area (Å²) in [5, 5.41) is 3.86. The SMILES string of the molecule is COc1ccc(C(=O)N2CCCC[C@@H]2c2nc(C)no2)c(OCCN)c1. The van der Waals surface area contributed by atoms with E-state index < -0.39 is 0 Å². The summed E-state index contributed by atoms with van der Waals surface area (Å²) in [5.41, 5.74) is 6.01. The van der Waals surface area contributed by atoms with Crippen LogP contribution in [-0.4, -0.2) is 47.8 Å². The Labute approximate surface area is 152 Å². The van der Waals surface area contributed by atoms with Gasteiger partial charge in [0.1, 0.15) is 24.1 Å². The van der Waals surface area contributed by atoms with Gasteiger partial charge in [0.15, 0.2) is 5.82 Å². The minimum Gasteiger partial charge on any atom is -0.497 e. The van der Waals surface area contributed by atoms with E-state index in [4.69, 9.17) is 19.7 Å². The second-order valence-corrected chi connectivity index (χ2v) is 6.19. The van der Waals surface area contributed by atoms with Gasteiger partial charge in [-0.3, -0.25) is 4.79 Å². The molecule has 1 aliphatic heterocycles. The van der Waals surface area contributed by atoms with E-state index in [0.717, 1.165) is 19.3 Å². The van der Waals surface area contributed by atoms with Crippen molar-refractivity contribution in [1.82, 2.24) is 15.0 Å². The highest BCUT2D eigenvalue weighted by atomic mass is 16.5. The van der Waals surface area contributed by atoms with Crippen LogP contribution >= 0.6 is 0 Å². The molecule has 0 unspecified atom stereocenters. The van der Waals surface area contributed by atoms with Gasteiger partial charge in [-0.05, 0) is 38.3 Å². The standard InChI is InChI=1S/C18H24N4O4/c1-12-20-17(26-21-12)15-5-3-4-9-22(15)18(23)14-7-6-13(24-2)11-16(14)25-10-8-19/h6-7,11,15H,3-5,8-10,19H2,1-2H3/t15-/m1/s1. The van der Waals surface area contributed by atoms with E-state index in [-0.39, 0.29) is 11.9 Å². The summed E-state index contributed by atoms with van der Waals surface area (Å²) in [5.74, 6) is 2.00. The Kier molecular flexibility index (Phi) is 5.72. The van der Waals surface area contributed by atoms with E-state index in [9.17, 15) is 4.79 Å². The van der Waals surface area contributed by atoms with Crippen LogP contribution in [0.1, 0.15) is 47.4 Å². The number of carbonyl (C=O) groups is 1. The van der Waals surface area contributed by atoms with Crippen LogP contribution in [0.15, 0.2) is 22.7 Å². The average Bonchev–Trinajstić information content (AvgIpc) is 3.11. The molecule has 0 spiro atoms. The number of aryl methyl sites for hydroxylation is 1. The molecule has 1 amide bonds. The molecule has 140 valence electrons. The molecule has 2 N–H and O–H groups in total. The van der Waals surface area contributed by atoms with Crippen molar-refractivity contribution in [2.75, 3.05) is 26.8 Å². The molecule has 26 heavy (non-hydrogen) atoms. The van der Waals surface area contributed by atoms with Crippen LogP contribution in [0.3, 0.4) is 0 Å². The number of benzene rings is 1. The van der Waals surface area contributed by atoms with Crippen LogP contribution in [0.4, 0.5) is 0 Å². The maximum atomic E-state index is 13.3. The third kappa shape index (κ3) is 3.80. The summed E-state index contributed by atoms with van der Waals surface area (Å²) in [4.78, 5) is 19.4.